The van der Waals surface area contributed by atoms with Crippen molar-refractivity contribution in [1.82, 2.24) is 0 Å². The van der Waals surface area contributed by atoms with E-state index in [4.69, 9.17) is 0 Å². The lowest BCUT2D eigenvalue weighted by Gasteiger charge is -2.32. The minimum Gasteiger partial charge on any atom is -0.381 e. The molecule has 1 N–H and O–H groups in total. The van der Waals surface area contributed by atoms with Gasteiger partial charge in [0.05, 0.1) is 11.3 Å². The van der Waals surface area contributed by atoms with Gasteiger partial charge in [-0.1, -0.05) is 18.6 Å². The molecule has 0 spiro atoms. The summed E-state index contributed by atoms with van der Waals surface area (Å²) in [6.07, 6.45) is 7.13. The van der Waals surface area contributed by atoms with Crippen LogP contribution in [0.2, 0.25) is 0 Å². The molecular weight excluding hydrogens is 232 g/mol. The van der Waals surface area contributed by atoms with Gasteiger partial charge in [-0.15, -0.1) is 0 Å². The quantitative estimate of drug-likeness (QED) is 0.869. The molecule has 2 nitrogen and oxygen atoms in total. The number of nitrogens with zero attached hydrogens (tertiary/aromatic N) is 1. The van der Waals surface area contributed by atoms with E-state index in [1.165, 1.54) is 32.1 Å². The van der Waals surface area contributed by atoms with E-state index in [9.17, 15) is 5.26 Å². The first-order valence-corrected chi connectivity index (χ1v) is 7.62. The van der Waals surface area contributed by atoms with Gasteiger partial charge < -0.3 is 5.32 Å². The summed E-state index contributed by atoms with van der Waals surface area (Å²) in [6, 6.07) is 10.8. The van der Waals surface area contributed by atoms with E-state index in [1.807, 2.05) is 18.2 Å². The third-order valence-corrected chi connectivity index (χ3v) is 5.82. The Labute approximate surface area is 114 Å². The Hall–Kier alpha value is -1.49. The molecule has 0 amide bonds. The topological polar surface area (TPSA) is 35.8 Å². The molecule has 1 aromatic rings. The monoisotopic (exact) mass is 252 g/mol. The fourth-order valence-electron chi connectivity index (χ4n) is 5.14. The standard InChI is InChI=1S/C17H20N2/c18-10-11-4-1-2-7-16(11)19-17-9-12-8-15(17)14-6-3-5-13(12)14/h1-2,4,7,12-15,17,19H,3,5-6,8-9H2. The Bertz CT molecular complexity index is 530. The van der Waals surface area contributed by atoms with Gasteiger partial charge in [-0.3, -0.25) is 0 Å². The highest BCUT2D eigenvalue weighted by Crippen LogP contribution is 2.59. The molecule has 3 saturated carbocycles. The molecule has 19 heavy (non-hydrogen) atoms. The molecule has 3 aliphatic rings. The lowest BCUT2D eigenvalue weighted by Crippen LogP contribution is -2.34. The first kappa shape index (κ1) is 11.3. The van der Waals surface area contributed by atoms with Gasteiger partial charge in [-0.2, -0.15) is 5.26 Å². The van der Waals surface area contributed by atoms with Gasteiger partial charge in [0, 0.05) is 6.04 Å². The zero-order valence-corrected chi connectivity index (χ0v) is 11.2. The predicted octanol–water partition coefficient (Wildman–Crippen LogP) is 3.79. The fourth-order valence-corrected chi connectivity index (χ4v) is 5.14. The molecule has 0 aromatic heterocycles. The van der Waals surface area contributed by atoms with Crippen molar-refractivity contribution in [3.63, 3.8) is 0 Å². The average molecular weight is 252 g/mol. The number of rotatable bonds is 2. The molecule has 4 rings (SSSR count). The lowest BCUT2D eigenvalue weighted by atomic mass is 9.79. The summed E-state index contributed by atoms with van der Waals surface area (Å²) in [4.78, 5) is 0. The van der Waals surface area contributed by atoms with Crippen molar-refractivity contribution in [2.75, 3.05) is 5.32 Å². The van der Waals surface area contributed by atoms with E-state index in [1.54, 1.807) is 0 Å². The summed E-state index contributed by atoms with van der Waals surface area (Å²) in [7, 11) is 0. The minimum atomic E-state index is 0.610. The van der Waals surface area contributed by atoms with Gasteiger partial charge in [0.2, 0.25) is 0 Å². The van der Waals surface area contributed by atoms with Gasteiger partial charge in [0.25, 0.3) is 0 Å². The van der Waals surface area contributed by atoms with Crippen LogP contribution in [-0.4, -0.2) is 6.04 Å². The molecule has 2 heteroatoms. The number of anilines is 1. The normalized spacial score (nSPS) is 39.0. The second-order valence-corrected chi connectivity index (χ2v) is 6.56. The second kappa shape index (κ2) is 4.27. The van der Waals surface area contributed by atoms with Crippen LogP contribution in [0.1, 0.15) is 37.7 Å². The van der Waals surface area contributed by atoms with E-state index in [0.717, 1.165) is 34.9 Å². The Kier molecular flexibility index (Phi) is 2.55. The predicted molar refractivity (Wildman–Crippen MR) is 75.6 cm³/mol. The van der Waals surface area contributed by atoms with E-state index in [-0.39, 0.29) is 0 Å². The minimum absolute atomic E-state index is 0.610. The summed E-state index contributed by atoms with van der Waals surface area (Å²) in [5, 5.41) is 12.9. The maximum atomic E-state index is 9.18. The van der Waals surface area contributed by atoms with Crippen molar-refractivity contribution in [3.05, 3.63) is 29.8 Å². The van der Waals surface area contributed by atoms with Crippen LogP contribution < -0.4 is 5.32 Å². The maximum absolute atomic E-state index is 9.18. The van der Waals surface area contributed by atoms with E-state index in [0.29, 0.717) is 6.04 Å². The Balaban J connectivity index is 1.55. The highest BCUT2D eigenvalue weighted by molar-refractivity contribution is 5.58. The number of para-hydroxylation sites is 1. The Morgan fingerprint density at radius 3 is 2.79 bits per heavy atom. The van der Waals surface area contributed by atoms with Gasteiger partial charge in [0.15, 0.2) is 0 Å². The molecule has 0 aliphatic heterocycles. The Morgan fingerprint density at radius 2 is 1.89 bits per heavy atom. The molecule has 5 atom stereocenters. The van der Waals surface area contributed by atoms with Crippen molar-refractivity contribution in [1.29, 1.82) is 5.26 Å². The van der Waals surface area contributed by atoms with Crippen LogP contribution in [-0.2, 0) is 0 Å². The maximum Gasteiger partial charge on any atom is 0.101 e. The summed E-state index contributed by atoms with van der Waals surface area (Å²) in [5.74, 6) is 3.84. The molecule has 2 bridgehead atoms. The van der Waals surface area contributed by atoms with Crippen LogP contribution in [0.3, 0.4) is 0 Å². The SMILES string of the molecule is N#Cc1ccccc1NC1CC2CC1C1CCCC21. The first-order chi connectivity index (χ1) is 9.36. The number of hydrogen-bond acceptors (Lipinski definition) is 2. The van der Waals surface area contributed by atoms with Crippen molar-refractivity contribution >= 4 is 5.69 Å². The van der Waals surface area contributed by atoms with Crippen LogP contribution in [0.15, 0.2) is 24.3 Å². The summed E-state index contributed by atoms with van der Waals surface area (Å²) < 4.78 is 0. The number of nitriles is 1. The fraction of sp³-hybridized carbons (Fsp3) is 0.588. The van der Waals surface area contributed by atoms with Crippen LogP contribution in [0.5, 0.6) is 0 Å². The average Bonchev–Trinajstić information content (AvgIpc) is 3.11. The molecule has 0 radical (unpaired) electrons. The van der Waals surface area contributed by atoms with Gasteiger partial charge >= 0.3 is 0 Å². The number of nitrogens with one attached hydrogen (secondary N) is 1. The molecule has 3 aliphatic carbocycles. The lowest BCUT2D eigenvalue weighted by molar-refractivity contribution is 0.243. The van der Waals surface area contributed by atoms with Gasteiger partial charge in [-0.05, 0) is 61.5 Å². The number of fused-ring (bicyclic) bond motifs is 5. The number of benzene rings is 1. The molecular formula is C17H20N2. The van der Waals surface area contributed by atoms with Crippen LogP contribution in [0, 0.1) is 35.0 Å². The molecule has 0 saturated heterocycles. The van der Waals surface area contributed by atoms with Gasteiger partial charge in [-0.25, -0.2) is 0 Å². The van der Waals surface area contributed by atoms with Gasteiger partial charge in [0.1, 0.15) is 6.07 Å². The smallest absolute Gasteiger partial charge is 0.101 e. The van der Waals surface area contributed by atoms with Crippen LogP contribution in [0.4, 0.5) is 5.69 Å². The third kappa shape index (κ3) is 1.68. The molecule has 0 heterocycles. The summed E-state index contributed by atoms with van der Waals surface area (Å²) in [5.41, 5.74) is 1.82. The van der Waals surface area contributed by atoms with Crippen molar-refractivity contribution in [2.24, 2.45) is 23.7 Å². The second-order valence-electron chi connectivity index (χ2n) is 6.56. The largest absolute Gasteiger partial charge is 0.381 e. The Morgan fingerprint density at radius 1 is 1.05 bits per heavy atom. The first-order valence-electron chi connectivity index (χ1n) is 7.62. The van der Waals surface area contributed by atoms with E-state index in [2.05, 4.69) is 17.5 Å². The summed E-state index contributed by atoms with van der Waals surface area (Å²) in [6.45, 7) is 0. The zero-order valence-electron chi connectivity index (χ0n) is 11.2. The van der Waals surface area contributed by atoms with E-state index >= 15 is 0 Å². The van der Waals surface area contributed by atoms with Crippen molar-refractivity contribution in [2.45, 2.75) is 38.1 Å². The zero-order chi connectivity index (χ0) is 12.8. The highest BCUT2D eigenvalue weighted by Gasteiger charge is 2.53. The van der Waals surface area contributed by atoms with E-state index < -0.39 is 0 Å². The number of hydrogen-bond donors (Lipinski definition) is 1. The highest BCUT2D eigenvalue weighted by atomic mass is 15.0. The molecule has 5 unspecified atom stereocenters. The van der Waals surface area contributed by atoms with Crippen molar-refractivity contribution < 1.29 is 0 Å². The molecule has 1 aromatic carbocycles. The molecule has 3 fully saturated rings. The van der Waals surface area contributed by atoms with Crippen LogP contribution in [0.25, 0.3) is 0 Å². The van der Waals surface area contributed by atoms with Crippen molar-refractivity contribution in [3.8, 4) is 6.07 Å². The van der Waals surface area contributed by atoms with Crippen LogP contribution >= 0.6 is 0 Å². The third-order valence-electron chi connectivity index (χ3n) is 5.82. The molecule has 98 valence electrons. The summed E-state index contributed by atoms with van der Waals surface area (Å²) >= 11 is 0.